The molecule has 0 atom stereocenters. The van der Waals surface area contributed by atoms with Crippen LogP contribution in [0.5, 0.6) is 5.88 Å². The number of benzene rings is 1. The van der Waals surface area contributed by atoms with E-state index in [2.05, 4.69) is 10.1 Å². The summed E-state index contributed by atoms with van der Waals surface area (Å²) in [4.78, 5) is 28.4. The lowest BCUT2D eigenvalue weighted by Crippen LogP contribution is -2.21. The van der Waals surface area contributed by atoms with Gasteiger partial charge in [0.05, 0.1) is 19.4 Å². The number of pyridine rings is 1. The zero-order chi connectivity index (χ0) is 16.4. The first kappa shape index (κ1) is 14.8. The Kier molecular flexibility index (Phi) is 3.84. The summed E-state index contributed by atoms with van der Waals surface area (Å²) in [6.45, 7) is 1.90. The van der Waals surface area contributed by atoms with E-state index in [1.165, 1.54) is 18.0 Å². The monoisotopic (exact) mass is 313 g/mol. The van der Waals surface area contributed by atoms with Crippen LogP contribution in [-0.2, 0) is 4.74 Å². The Morgan fingerprint density at radius 1 is 1.30 bits per heavy atom. The minimum atomic E-state index is -0.646. The van der Waals surface area contributed by atoms with Crippen molar-refractivity contribution in [1.82, 2.24) is 14.8 Å². The molecule has 118 valence electrons. The molecule has 3 aromatic rings. The highest BCUT2D eigenvalue weighted by molar-refractivity contribution is 5.94. The topological polar surface area (TPSA) is 86.2 Å². The molecular formula is C16H15N3O4. The fraction of sp³-hybridized carbons (Fsp3) is 0.188. The summed E-state index contributed by atoms with van der Waals surface area (Å²) < 4.78 is 11.4. The van der Waals surface area contributed by atoms with Crippen molar-refractivity contribution in [3.05, 3.63) is 52.6 Å². The predicted molar refractivity (Wildman–Crippen MR) is 84.2 cm³/mol. The Bertz CT molecular complexity index is 926. The number of methoxy groups -OCH3 is 1. The third-order valence-corrected chi connectivity index (χ3v) is 3.45. The van der Waals surface area contributed by atoms with Gasteiger partial charge in [-0.3, -0.25) is 9.89 Å². The molecule has 0 aliphatic carbocycles. The molecule has 0 spiro atoms. The summed E-state index contributed by atoms with van der Waals surface area (Å²) in [5.74, 6) is -0.179. The van der Waals surface area contributed by atoms with E-state index in [1.54, 1.807) is 31.3 Å². The zero-order valence-corrected chi connectivity index (χ0v) is 12.7. The number of hydrogen-bond donors (Lipinski definition) is 1. The molecule has 7 heteroatoms. The summed E-state index contributed by atoms with van der Waals surface area (Å²) in [6, 6.07) is 7.20. The van der Waals surface area contributed by atoms with Crippen LogP contribution in [0.3, 0.4) is 0 Å². The molecule has 0 amide bonds. The summed E-state index contributed by atoms with van der Waals surface area (Å²) in [5, 5.41) is 4.35. The normalized spacial score (nSPS) is 10.7. The van der Waals surface area contributed by atoms with Gasteiger partial charge in [0.25, 0.3) is 5.56 Å². The first-order chi connectivity index (χ1) is 11.2. The number of aromatic nitrogens is 3. The van der Waals surface area contributed by atoms with E-state index in [4.69, 9.17) is 9.47 Å². The molecule has 7 nitrogen and oxygen atoms in total. The highest BCUT2D eigenvalue weighted by Crippen LogP contribution is 2.26. The molecule has 0 saturated heterocycles. The largest absolute Gasteiger partial charge is 0.481 e. The number of rotatable bonds is 4. The summed E-state index contributed by atoms with van der Waals surface area (Å²) in [6.07, 6.45) is 2.95. The minimum Gasteiger partial charge on any atom is -0.481 e. The number of nitrogens with zero attached hydrogens (tertiary/aromatic N) is 2. The van der Waals surface area contributed by atoms with Crippen LogP contribution < -0.4 is 10.3 Å². The maximum atomic E-state index is 12.5. The molecule has 2 heterocycles. The van der Waals surface area contributed by atoms with E-state index in [0.29, 0.717) is 11.6 Å². The van der Waals surface area contributed by atoms with Gasteiger partial charge in [0.2, 0.25) is 5.88 Å². The number of hydrogen-bond acceptors (Lipinski definition) is 5. The predicted octanol–water partition coefficient (Wildman–Crippen LogP) is 1.90. The highest BCUT2D eigenvalue weighted by atomic mass is 16.5. The molecule has 0 saturated carbocycles. The molecule has 0 radical (unpaired) electrons. The van der Waals surface area contributed by atoms with Gasteiger partial charge in [-0.1, -0.05) is 6.07 Å². The minimum absolute atomic E-state index is 0.0372. The van der Waals surface area contributed by atoms with E-state index < -0.39 is 11.5 Å². The van der Waals surface area contributed by atoms with Crippen LogP contribution in [0.15, 0.2) is 41.5 Å². The molecule has 23 heavy (non-hydrogen) atoms. The number of carbonyl (C=O) groups is 1. The van der Waals surface area contributed by atoms with Crippen molar-refractivity contribution < 1.29 is 14.3 Å². The van der Waals surface area contributed by atoms with Gasteiger partial charge in [-0.2, -0.15) is 0 Å². The molecule has 0 aliphatic rings. The van der Waals surface area contributed by atoms with Crippen LogP contribution in [0.2, 0.25) is 0 Å². The number of H-pyrrole nitrogens is 1. The highest BCUT2D eigenvalue weighted by Gasteiger charge is 2.17. The van der Waals surface area contributed by atoms with Gasteiger partial charge in [0, 0.05) is 23.2 Å². The van der Waals surface area contributed by atoms with Crippen LogP contribution >= 0.6 is 0 Å². The van der Waals surface area contributed by atoms with Crippen LogP contribution in [0.1, 0.15) is 17.3 Å². The van der Waals surface area contributed by atoms with E-state index in [0.717, 1.165) is 10.8 Å². The second kappa shape index (κ2) is 5.96. The molecule has 3 rings (SSSR count). The zero-order valence-electron chi connectivity index (χ0n) is 12.7. The van der Waals surface area contributed by atoms with Gasteiger partial charge in [-0.15, -0.1) is 0 Å². The lowest BCUT2D eigenvalue weighted by Gasteiger charge is -2.08. The van der Waals surface area contributed by atoms with Crippen molar-refractivity contribution in [2.75, 3.05) is 13.7 Å². The first-order valence-corrected chi connectivity index (χ1v) is 7.07. The summed E-state index contributed by atoms with van der Waals surface area (Å²) in [7, 11) is 1.54. The van der Waals surface area contributed by atoms with Gasteiger partial charge >= 0.3 is 5.97 Å². The second-order valence-corrected chi connectivity index (χ2v) is 4.74. The Morgan fingerprint density at radius 2 is 2.13 bits per heavy atom. The molecule has 1 N–H and O–H groups in total. The fourth-order valence-corrected chi connectivity index (χ4v) is 2.43. The number of nitrogens with one attached hydrogen (secondary N) is 1. The Morgan fingerprint density at radius 3 is 2.87 bits per heavy atom. The van der Waals surface area contributed by atoms with Gasteiger partial charge in [-0.25, -0.2) is 14.5 Å². The SMILES string of the molecule is CCOC(=O)c1c[nH]n(-c2cccc3c(OC)nccc23)c1=O. The van der Waals surface area contributed by atoms with Crippen molar-refractivity contribution in [2.24, 2.45) is 0 Å². The van der Waals surface area contributed by atoms with Crippen molar-refractivity contribution in [3.8, 4) is 11.6 Å². The average Bonchev–Trinajstić information content (AvgIpc) is 2.95. The van der Waals surface area contributed by atoms with Crippen LogP contribution in [-0.4, -0.2) is 34.5 Å². The quantitative estimate of drug-likeness (QED) is 0.743. The fourth-order valence-electron chi connectivity index (χ4n) is 2.43. The maximum Gasteiger partial charge on any atom is 0.345 e. The molecule has 0 unspecified atom stereocenters. The Hall–Kier alpha value is -3.09. The molecule has 1 aromatic carbocycles. The third kappa shape index (κ3) is 2.46. The Labute approximate surface area is 131 Å². The standard InChI is InChI=1S/C16H15N3O4/c1-3-23-16(21)12-9-18-19(15(12)20)13-6-4-5-11-10(13)7-8-17-14(11)22-2/h4-9,18H,3H2,1-2H3. The van der Waals surface area contributed by atoms with E-state index in [1.807, 2.05) is 6.07 Å². The number of ether oxygens (including phenoxy) is 2. The molecule has 0 aliphatic heterocycles. The lowest BCUT2D eigenvalue weighted by atomic mass is 10.1. The Balaban J connectivity index is 2.19. The van der Waals surface area contributed by atoms with Crippen molar-refractivity contribution in [1.29, 1.82) is 0 Å². The second-order valence-electron chi connectivity index (χ2n) is 4.74. The van der Waals surface area contributed by atoms with Crippen LogP contribution in [0, 0.1) is 0 Å². The lowest BCUT2D eigenvalue weighted by molar-refractivity contribution is 0.0525. The van der Waals surface area contributed by atoms with Crippen LogP contribution in [0.25, 0.3) is 16.5 Å². The third-order valence-electron chi connectivity index (χ3n) is 3.45. The number of fused-ring (bicyclic) bond motifs is 1. The van der Waals surface area contributed by atoms with E-state index in [9.17, 15) is 9.59 Å². The molecule has 2 aromatic heterocycles. The van der Waals surface area contributed by atoms with Crippen molar-refractivity contribution in [2.45, 2.75) is 6.92 Å². The van der Waals surface area contributed by atoms with Gasteiger partial charge in [0.15, 0.2) is 0 Å². The number of carbonyl (C=O) groups excluding carboxylic acids is 1. The van der Waals surface area contributed by atoms with Crippen molar-refractivity contribution in [3.63, 3.8) is 0 Å². The van der Waals surface area contributed by atoms with Gasteiger partial charge in [0.1, 0.15) is 5.56 Å². The maximum absolute atomic E-state index is 12.5. The molecular weight excluding hydrogens is 298 g/mol. The average molecular weight is 313 g/mol. The van der Waals surface area contributed by atoms with Gasteiger partial charge < -0.3 is 9.47 Å². The molecule has 0 bridgehead atoms. The first-order valence-electron chi connectivity index (χ1n) is 7.07. The van der Waals surface area contributed by atoms with Crippen LogP contribution in [0.4, 0.5) is 0 Å². The van der Waals surface area contributed by atoms with Gasteiger partial charge in [-0.05, 0) is 25.1 Å². The smallest absolute Gasteiger partial charge is 0.345 e. The van der Waals surface area contributed by atoms with E-state index >= 15 is 0 Å². The number of aromatic amines is 1. The number of esters is 1. The summed E-state index contributed by atoms with van der Waals surface area (Å²) in [5.41, 5.74) is 0.0975. The van der Waals surface area contributed by atoms with Crippen molar-refractivity contribution >= 4 is 16.7 Å². The summed E-state index contributed by atoms with van der Waals surface area (Å²) >= 11 is 0. The molecule has 0 fully saturated rings. The van der Waals surface area contributed by atoms with E-state index in [-0.39, 0.29) is 12.2 Å².